The number of para-hydroxylation sites is 2. The number of hydrogen-bond acceptors (Lipinski definition) is 1. The zero-order valence-electron chi connectivity index (χ0n) is 8.51. The first-order valence-corrected chi connectivity index (χ1v) is 8.74. The minimum absolute atomic E-state index is 0.933. The van der Waals surface area contributed by atoms with Gasteiger partial charge in [-0.1, -0.05) is 0 Å². The van der Waals surface area contributed by atoms with Gasteiger partial charge in [0.1, 0.15) is 0 Å². The third kappa shape index (κ3) is 2.51. The van der Waals surface area contributed by atoms with Crippen LogP contribution in [-0.2, 0) is 0 Å². The number of rotatable bonds is 3. The Labute approximate surface area is 102 Å². The Kier molecular flexibility index (Phi) is 3.62. The molecule has 15 heavy (non-hydrogen) atoms. The summed E-state index contributed by atoms with van der Waals surface area (Å²) in [6.07, 6.45) is 0. The zero-order chi connectivity index (χ0) is 10.5. The quantitative estimate of drug-likeness (QED) is 0.842. The normalized spacial score (nSPS) is 9.33. The van der Waals surface area contributed by atoms with E-state index < -0.39 is 22.7 Å². The molecule has 0 radical (unpaired) electrons. The molecule has 0 aliphatic heterocycles. The minimum atomic E-state index is -0.933. The molecule has 1 nitrogen and oxygen atoms in total. The van der Waals surface area contributed by atoms with Crippen molar-refractivity contribution in [3.8, 4) is 0 Å². The van der Waals surface area contributed by atoms with Gasteiger partial charge in [0.25, 0.3) is 0 Å². The van der Waals surface area contributed by atoms with Crippen molar-refractivity contribution < 1.29 is 0 Å². The van der Waals surface area contributed by atoms with Crippen molar-refractivity contribution in [3.63, 3.8) is 0 Å². The maximum atomic E-state index is 4.15. The summed E-state index contributed by atoms with van der Waals surface area (Å²) in [5.74, 6) is 0. The molecule has 0 fully saturated rings. The summed E-state index contributed by atoms with van der Waals surface area (Å²) in [4.78, 5) is 0. The molecule has 0 heterocycles. The molecular formula is C13H12InN. The fourth-order valence-electron chi connectivity index (χ4n) is 1.54. The van der Waals surface area contributed by atoms with Gasteiger partial charge < -0.3 is 0 Å². The second-order valence-electron chi connectivity index (χ2n) is 3.22. The van der Waals surface area contributed by atoms with Gasteiger partial charge >= 0.3 is 102 Å². The van der Waals surface area contributed by atoms with Crippen molar-refractivity contribution in [1.29, 1.82) is 0 Å². The monoisotopic (exact) mass is 297 g/mol. The van der Waals surface area contributed by atoms with E-state index in [1.165, 1.54) is 11.4 Å². The summed E-state index contributed by atoms with van der Waals surface area (Å²) in [6.45, 7) is 0. The number of nitrogens with zero attached hydrogens (tertiary/aromatic N) is 1. The van der Waals surface area contributed by atoms with Crippen LogP contribution in [0.5, 0.6) is 0 Å². The standard InChI is InChI=1S/C12H10N.CH2.In/c1-3-7-11(8-4-1)13-12-9-5-2-6-10-12;;/h1-10H;1H2;/q-1;;+1. The molecule has 2 aromatic rings. The average Bonchev–Trinajstić information content (AvgIpc) is 2.33. The van der Waals surface area contributed by atoms with E-state index in [-0.39, 0.29) is 0 Å². The fraction of sp³-hybridized carbons (Fsp3) is 0. The maximum absolute atomic E-state index is 4.15. The van der Waals surface area contributed by atoms with E-state index in [2.05, 4.69) is 55.7 Å². The Hall–Kier alpha value is -1.02. The van der Waals surface area contributed by atoms with Crippen molar-refractivity contribution >= 4 is 38.3 Å². The van der Waals surface area contributed by atoms with Gasteiger partial charge in [0, 0.05) is 0 Å². The van der Waals surface area contributed by atoms with Gasteiger partial charge in [-0.3, -0.25) is 0 Å². The third-order valence-corrected chi connectivity index (χ3v) is 5.00. The summed E-state index contributed by atoms with van der Waals surface area (Å²) in [5.41, 5.74) is 2.53. The van der Waals surface area contributed by atoms with E-state index in [1.54, 1.807) is 0 Å². The number of hydrogen-bond donors (Lipinski definition) is 0. The first kappa shape index (κ1) is 10.5. The molecule has 0 unspecified atom stereocenters. The predicted octanol–water partition coefficient (Wildman–Crippen LogP) is 2.88. The van der Waals surface area contributed by atoms with Crippen molar-refractivity contribution in [1.82, 2.24) is 0 Å². The van der Waals surface area contributed by atoms with Crippen LogP contribution >= 0.6 is 0 Å². The van der Waals surface area contributed by atoms with Gasteiger partial charge in [-0.25, -0.2) is 0 Å². The average molecular weight is 297 g/mol. The molecule has 0 saturated carbocycles. The van der Waals surface area contributed by atoms with Crippen molar-refractivity contribution in [2.75, 3.05) is 2.89 Å². The molecule has 0 spiro atoms. The van der Waals surface area contributed by atoms with Crippen LogP contribution in [0, 0.1) is 0 Å². The van der Waals surface area contributed by atoms with E-state index >= 15 is 0 Å². The SMILES string of the molecule is [CH2]=[In][N](c1ccccc1)c1ccccc1. The fourth-order valence-corrected chi connectivity index (χ4v) is 3.72. The van der Waals surface area contributed by atoms with Crippen LogP contribution < -0.4 is 2.89 Å². The van der Waals surface area contributed by atoms with Crippen LogP contribution in [0.3, 0.4) is 0 Å². The second-order valence-corrected chi connectivity index (χ2v) is 5.74. The Morgan fingerprint density at radius 3 is 1.47 bits per heavy atom. The van der Waals surface area contributed by atoms with Crippen LogP contribution in [0.1, 0.15) is 0 Å². The summed E-state index contributed by atoms with van der Waals surface area (Å²) in [7, 11) is 0. The summed E-state index contributed by atoms with van der Waals surface area (Å²) < 4.78 is 6.53. The first-order valence-electron chi connectivity index (χ1n) is 4.94. The van der Waals surface area contributed by atoms with Gasteiger partial charge in [-0.15, -0.1) is 0 Å². The molecule has 0 aliphatic rings. The van der Waals surface area contributed by atoms with E-state index in [1.807, 2.05) is 12.1 Å². The summed E-state index contributed by atoms with van der Waals surface area (Å²) >= 11 is -0.933. The van der Waals surface area contributed by atoms with Crippen LogP contribution in [0.2, 0.25) is 0 Å². The van der Waals surface area contributed by atoms with Crippen LogP contribution in [0.25, 0.3) is 0 Å². The van der Waals surface area contributed by atoms with Crippen molar-refractivity contribution in [2.45, 2.75) is 0 Å². The molecule has 0 aromatic heterocycles. The zero-order valence-corrected chi connectivity index (χ0v) is 11.8. The Balaban J connectivity index is 2.38. The van der Waals surface area contributed by atoms with E-state index in [0.717, 1.165) is 0 Å². The molecule has 0 atom stereocenters. The van der Waals surface area contributed by atoms with E-state index in [0.29, 0.717) is 0 Å². The van der Waals surface area contributed by atoms with Crippen molar-refractivity contribution in [2.24, 2.45) is 0 Å². The molecule has 0 saturated heterocycles. The molecule has 0 amide bonds. The van der Waals surface area contributed by atoms with Crippen LogP contribution in [-0.4, -0.2) is 27.0 Å². The Morgan fingerprint density at radius 2 is 1.13 bits per heavy atom. The van der Waals surface area contributed by atoms with Crippen molar-refractivity contribution in [3.05, 3.63) is 60.7 Å². The molecule has 0 bridgehead atoms. The van der Waals surface area contributed by atoms with Crippen LogP contribution in [0.4, 0.5) is 11.4 Å². The summed E-state index contributed by atoms with van der Waals surface area (Å²) in [5, 5.41) is 0. The van der Waals surface area contributed by atoms with E-state index in [9.17, 15) is 0 Å². The van der Waals surface area contributed by atoms with Gasteiger partial charge in [-0.2, -0.15) is 0 Å². The van der Waals surface area contributed by atoms with Gasteiger partial charge in [-0.05, 0) is 0 Å². The molecule has 2 rings (SSSR count). The van der Waals surface area contributed by atoms with Gasteiger partial charge in [0.2, 0.25) is 0 Å². The first-order chi connectivity index (χ1) is 7.42. The molecule has 2 aromatic carbocycles. The van der Waals surface area contributed by atoms with Gasteiger partial charge in [0.15, 0.2) is 0 Å². The van der Waals surface area contributed by atoms with Gasteiger partial charge in [0.05, 0.1) is 0 Å². The molecule has 0 aliphatic carbocycles. The topological polar surface area (TPSA) is 3.24 Å². The second kappa shape index (κ2) is 5.17. The molecular weight excluding hydrogens is 285 g/mol. The molecule has 2 heteroatoms. The Bertz CT molecular complexity index is 385. The van der Waals surface area contributed by atoms with Crippen LogP contribution in [0.15, 0.2) is 60.7 Å². The Morgan fingerprint density at radius 1 is 0.733 bits per heavy atom. The summed E-state index contributed by atoms with van der Waals surface area (Å²) in [6, 6.07) is 21.0. The molecule has 72 valence electrons. The molecule has 0 N–H and O–H groups in total. The third-order valence-electron chi connectivity index (χ3n) is 2.25. The number of anilines is 2. The van der Waals surface area contributed by atoms with E-state index in [4.69, 9.17) is 0 Å². The number of benzene rings is 2. The predicted molar refractivity (Wildman–Crippen MR) is 67.9 cm³/mol.